The van der Waals surface area contributed by atoms with Gasteiger partial charge < -0.3 is 9.80 Å². The van der Waals surface area contributed by atoms with Gasteiger partial charge >= 0.3 is 12.4 Å². The van der Waals surface area contributed by atoms with Crippen LogP contribution in [0, 0.1) is 11.8 Å². The number of carbonyl (C=O) groups is 1. The van der Waals surface area contributed by atoms with E-state index in [1.165, 1.54) is 0 Å². The predicted octanol–water partition coefficient (Wildman–Crippen LogP) is 6.48. The number of rotatable bonds is 4. The smallest absolute Gasteiger partial charge is 0.372 e. The summed E-state index contributed by atoms with van der Waals surface area (Å²) in [5, 5.41) is 0. The van der Waals surface area contributed by atoms with Crippen LogP contribution in [0.1, 0.15) is 41.6 Å². The van der Waals surface area contributed by atoms with E-state index < -0.39 is 24.2 Å². The largest absolute Gasteiger partial charge is 0.391 e. The van der Waals surface area contributed by atoms with Crippen molar-refractivity contribution in [3.05, 3.63) is 59.7 Å². The van der Waals surface area contributed by atoms with E-state index >= 15 is 0 Å². The van der Waals surface area contributed by atoms with Crippen LogP contribution in [-0.4, -0.2) is 44.3 Å². The van der Waals surface area contributed by atoms with Crippen LogP contribution >= 0.6 is 0 Å². The zero-order chi connectivity index (χ0) is 24.5. The van der Waals surface area contributed by atoms with E-state index in [0.717, 1.165) is 11.4 Å². The summed E-state index contributed by atoms with van der Waals surface area (Å²) in [6.45, 7) is 1.27. The Hall–Kier alpha value is -2.71. The topological polar surface area (TPSA) is 23.6 Å². The van der Waals surface area contributed by atoms with E-state index in [2.05, 4.69) is 0 Å². The van der Waals surface area contributed by atoms with Gasteiger partial charge in [0.15, 0.2) is 5.78 Å². The zero-order valence-corrected chi connectivity index (χ0v) is 18.5. The molecule has 2 heterocycles. The lowest BCUT2D eigenvalue weighted by atomic mass is 9.95. The highest BCUT2D eigenvalue weighted by molar-refractivity contribution is 6.09. The average Bonchev–Trinajstić information content (AvgIpc) is 2.83. The highest BCUT2D eigenvalue weighted by Crippen LogP contribution is 2.36. The standard InChI is InChI=1S/C25H26F6N2O/c26-24(27,28)19-9-13-32(14-10-19)21-5-1-17(2-6-21)23(34)18-3-7-22(8-4-18)33-15-11-20(12-16-33)25(29,30)31/h1-8,19-20H,9-16H2. The number of hydrogen-bond donors (Lipinski definition) is 0. The Morgan fingerprint density at radius 1 is 0.588 bits per heavy atom. The first kappa shape index (κ1) is 24.4. The Morgan fingerprint density at radius 3 is 1.15 bits per heavy atom. The fourth-order valence-electron chi connectivity index (χ4n) is 4.74. The van der Waals surface area contributed by atoms with Crippen LogP contribution in [-0.2, 0) is 0 Å². The first-order valence-electron chi connectivity index (χ1n) is 11.4. The molecule has 2 saturated heterocycles. The van der Waals surface area contributed by atoms with Gasteiger partial charge in [0.1, 0.15) is 0 Å². The number of hydrogen-bond acceptors (Lipinski definition) is 3. The molecule has 0 radical (unpaired) electrons. The van der Waals surface area contributed by atoms with Gasteiger partial charge in [0.05, 0.1) is 11.8 Å². The maximum absolute atomic E-state index is 12.9. The third-order valence-electron chi connectivity index (χ3n) is 6.91. The molecule has 0 atom stereocenters. The van der Waals surface area contributed by atoms with Gasteiger partial charge in [-0.15, -0.1) is 0 Å². The van der Waals surface area contributed by atoms with E-state index in [0.29, 0.717) is 37.3 Å². The number of nitrogens with zero attached hydrogens (tertiary/aromatic N) is 2. The molecule has 0 spiro atoms. The summed E-state index contributed by atoms with van der Waals surface area (Å²) in [6.07, 6.45) is -8.07. The van der Waals surface area contributed by atoms with Crippen molar-refractivity contribution in [2.75, 3.05) is 36.0 Å². The molecule has 2 aliphatic rings. The number of carbonyl (C=O) groups excluding carboxylic acids is 1. The SMILES string of the molecule is O=C(c1ccc(N2CCC(C(F)(F)F)CC2)cc1)c1ccc(N2CCC(C(F)(F)F)CC2)cc1. The van der Waals surface area contributed by atoms with E-state index in [1.807, 2.05) is 9.80 Å². The monoisotopic (exact) mass is 484 g/mol. The number of halogens is 6. The molecule has 2 aromatic rings. The quantitative estimate of drug-likeness (QED) is 0.367. The minimum absolute atomic E-state index is 0.0599. The highest BCUT2D eigenvalue weighted by Gasteiger charge is 2.42. The number of benzene rings is 2. The van der Waals surface area contributed by atoms with E-state index in [4.69, 9.17) is 0 Å². The van der Waals surface area contributed by atoms with Gasteiger partial charge in [0.25, 0.3) is 0 Å². The highest BCUT2D eigenvalue weighted by atomic mass is 19.4. The van der Waals surface area contributed by atoms with Crippen molar-refractivity contribution in [3.63, 3.8) is 0 Å². The van der Waals surface area contributed by atoms with Crippen molar-refractivity contribution in [2.24, 2.45) is 11.8 Å². The number of piperidine rings is 2. The number of alkyl halides is 6. The summed E-state index contributed by atoms with van der Waals surface area (Å²) in [5.74, 6) is -2.71. The Bertz CT molecular complexity index is 889. The lowest BCUT2D eigenvalue weighted by molar-refractivity contribution is -0.179. The molecule has 184 valence electrons. The van der Waals surface area contributed by atoms with Crippen molar-refractivity contribution in [1.82, 2.24) is 0 Å². The van der Waals surface area contributed by atoms with Crippen LogP contribution in [0.15, 0.2) is 48.5 Å². The molecule has 2 fully saturated rings. The van der Waals surface area contributed by atoms with Crippen molar-refractivity contribution in [3.8, 4) is 0 Å². The zero-order valence-electron chi connectivity index (χ0n) is 18.5. The van der Waals surface area contributed by atoms with Gasteiger partial charge in [-0.05, 0) is 74.2 Å². The second kappa shape index (κ2) is 9.50. The molecular formula is C25H26F6N2O. The molecule has 2 aliphatic heterocycles. The molecule has 0 aliphatic carbocycles. The van der Waals surface area contributed by atoms with Crippen LogP contribution in [0.4, 0.5) is 37.7 Å². The van der Waals surface area contributed by atoms with Crippen molar-refractivity contribution in [2.45, 2.75) is 38.0 Å². The van der Waals surface area contributed by atoms with Crippen LogP contribution in [0.25, 0.3) is 0 Å². The molecule has 0 saturated carbocycles. The Balaban J connectivity index is 1.35. The Labute approximate surface area is 194 Å². The summed E-state index contributed by atoms with van der Waals surface area (Å²) in [7, 11) is 0. The maximum atomic E-state index is 12.9. The summed E-state index contributed by atoms with van der Waals surface area (Å²) >= 11 is 0. The third kappa shape index (κ3) is 5.50. The fraction of sp³-hybridized carbons (Fsp3) is 0.480. The van der Waals surface area contributed by atoms with E-state index in [9.17, 15) is 31.1 Å². The van der Waals surface area contributed by atoms with E-state index in [-0.39, 0.29) is 31.5 Å². The molecule has 0 unspecified atom stereocenters. The minimum atomic E-state index is -4.16. The van der Waals surface area contributed by atoms with Crippen molar-refractivity contribution < 1.29 is 31.1 Å². The molecule has 2 aromatic carbocycles. The molecule has 0 N–H and O–H groups in total. The van der Waals surface area contributed by atoms with Crippen LogP contribution in [0.5, 0.6) is 0 Å². The molecule has 9 heteroatoms. The Morgan fingerprint density at radius 2 is 0.882 bits per heavy atom. The van der Waals surface area contributed by atoms with Crippen LogP contribution < -0.4 is 9.80 Å². The summed E-state index contributed by atoms with van der Waals surface area (Å²) in [4.78, 5) is 16.6. The molecule has 3 nitrogen and oxygen atoms in total. The van der Waals surface area contributed by atoms with Crippen molar-refractivity contribution in [1.29, 1.82) is 0 Å². The summed E-state index contributed by atoms with van der Waals surface area (Å²) in [6, 6.07) is 13.7. The maximum Gasteiger partial charge on any atom is 0.391 e. The van der Waals surface area contributed by atoms with Gasteiger partial charge in [-0.2, -0.15) is 26.3 Å². The second-order valence-electron chi connectivity index (χ2n) is 9.03. The summed E-state index contributed by atoms with van der Waals surface area (Å²) in [5.41, 5.74) is 2.50. The lowest BCUT2D eigenvalue weighted by Gasteiger charge is -2.34. The van der Waals surface area contributed by atoms with Crippen molar-refractivity contribution >= 4 is 17.2 Å². The van der Waals surface area contributed by atoms with Gasteiger partial charge in [0, 0.05) is 48.7 Å². The van der Waals surface area contributed by atoms with Crippen LogP contribution in [0.3, 0.4) is 0 Å². The lowest BCUT2D eigenvalue weighted by Crippen LogP contribution is -2.39. The van der Waals surface area contributed by atoms with Gasteiger partial charge in [-0.25, -0.2) is 0 Å². The third-order valence-corrected chi connectivity index (χ3v) is 6.91. The summed E-state index contributed by atoms with van der Waals surface area (Å²) < 4.78 is 77.2. The molecule has 0 amide bonds. The van der Waals surface area contributed by atoms with Crippen LogP contribution in [0.2, 0.25) is 0 Å². The van der Waals surface area contributed by atoms with Gasteiger partial charge in [-0.3, -0.25) is 4.79 Å². The second-order valence-corrected chi connectivity index (χ2v) is 9.03. The predicted molar refractivity (Wildman–Crippen MR) is 118 cm³/mol. The molecule has 0 bridgehead atoms. The molecule has 0 aromatic heterocycles. The average molecular weight is 484 g/mol. The minimum Gasteiger partial charge on any atom is -0.372 e. The number of ketones is 1. The number of anilines is 2. The fourth-order valence-corrected chi connectivity index (χ4v) is 4.74. The first-order valence-corrected chi connectivity index (χ1v) is 11.4. The Kier molecular flexibility index (Phi) is 6.82. The van der Waals surface area contributed by atoms with Gasteiger partial charge in [-0.1, -0.05) is 0 Å². The molecular weight excluding hydrogens is 458 g/mol. The first-order chi connectivity index (χ1) is 16.0. The van der Waals surface area contributed by atoms with Gasteiger partial charge in [0.2, 0.25) is 0 Å². The normalized spacial score (nSPS) is 18.9. The molecule has 4 rings (SSSR count). The van der Waals surface area contributed by atoms with E-state index in [1.54, 1.807) is 48.5 Å². The molecule has 34 heavy (non-hydrogen) atoms.